The average molecular weight is 193 g/mol. The number of rotatable bonds is 2. The number of aliphatic hydroxyl groups is 1. The van der Waals surface area contributed by atoms with Crippen molar-refractivity contribution in [3.05, 3.63) is 36.3 Å². The minimum absolute atomic E-state index is 0.229. The van der Waals surface area contributed by atoms with Crippen LogP contribution in [0.4, 0.5) is 4.39 Å². The van der Waals surface area contributed by atoms with Crippen molar-refractivity contribution in [3.63, 3.8) is 0 Å². The van der Waals surface area contributed by atoms with Crippen LogP contribution < -0.4 is 0 Å². The first kappa shape index (κ1) is 9.21. The van der Waals surface area contributed by atoms with Crippen molar-refractivity contribution in [2.24, 2.45) is 0 Å². The smallest absolute Gasteiger partial charge is 0.123 e. The predicted octanol–water partition coefficient (Wildman–Crippen LogP) is 2.16. The van der Waals surface area contributed by atoms with E-state index in [-0.39, 0.29) is 5.82 Å². The lowest BCUT2D eigenvalue weighted by Gasteiger charge is -2.07. The van der Waals surface area contributed by atoms with Crippen LogP contribution in [0.2, 0.25) is 0 Å². The summed E-state index contributed by atoms with van der Waals surface area (Å²) in [5.41, 5.74) is 0.951. The van der Waals surface area contributed by atoms with Gasteiger partial charge in [-0.05, 0) is 31.2 Å². The van der Waals surface area contributed by atoms with E-state index in [4.69, 9.17) is 0 Å². The zero-order chi connectivity index (χ0) is 10.1. The average Bonchev–Trinajstić information content (AvgIpc) is 2.47. The number of benzene rings is 1. The molecule has 0 radical (unpaired) electrons. The molecule has 1 heterocycles. The Morgan fingerprint density at radius 1 is 1.43 bits per heavy atom. The second kappa shape index (κ2) is 3.42. The van der Waals surface area contributed by atoms with Crippen LogP contribution in [0.15, 0.2) is 30.5 Å². The van der Waals surface area contributed by atoms with Crippen molar-refractivity contribution >= 4 is 10.9 Å². The second-order valence-corrected chi connectivity index (χ2v) is 3.52. The predicted molar refractivity (Wildman–Crippen MR) is 53.6 cm³/mol. The molecule has 0 saturated carbocycles. The van der Waals surface area contributed by atoms with Crippen molar-refractivity contribution in [1.82, 2.24) is 4.57 Å². The molecule has 0 bridgehead atoms. The Labute approximate surface area is 81.6 Å². The highest BCUT2D eigenvalue weighted by molar-refractivity contribution is 5.80. The van der Waals surface area contributed by atoms with Crippen LogP contribution in [0.1, 0.15) is 6.92 Å². The first-order valence-corrected chi connectivity index (χ1v) is 4.59. The number of halogens is 1. The van der Waals surface area contributed by atoms with Crippen LogP contribution in [0.3, 0.4) is 0 Å². The summed E-state index contributed by atoms with van der Waals surface area (Å²) in [5.74, 6) is -0.229. The Morgan fingerprint density at radius 3 is 2.93 bits per heavy atom. The minimum atomic E-state index is -0.393. The van der Waals surface area contributed by atoms with Crippen LogP contribution in [0.5, 0.6) is 0 Å². The molecule has 0 spiro atoms. The number of hydrogen-bond acceptors (Lipinski definition) is 1. The highest BCUT2D eigenvalue weighted by atomic mass is 19.1. The van der Waals surface area contributed by atoms with Gasteiger partial charge in [0.05, 0.1) is 6.10 Å². The highest BCUT2D eigenvalue weighted by Crippen LogP contribution is 2.17. The molecule has 0 amide bonds. The monoisotopic (exact) mass is 193 g/mol. The third kappa shape index (κ3) is 1.63. The second-order valence-electron chi connectivity index (χ2n) is 3.52. The van der Waals surface area contributed by atoms with E-state index in [1.165, 1.54) is 12.1 Å². The van der Waals surface area contributed by atoms with E-state index in [0.29, 0.717) is 6.54 Å². The molecule has 1 atom stereocenters. The summed E-state index contributed by atoms with van der Waals surface area (Å²) in [4.78, 5) is 0. The molecule has 1 aromatic carbocycles. The van der Waals surface area contributed by atoms with Gasteiger partial charge in [0.1, 0.15) is 5.82 Å². The van der Waals surface area contributed by atoms with Gasteiger partial charge in [-0.15, -0.1) is 0 Å². The lowest BCUT2D eigenvalue weighted by molar-refractivity contribution is 0.175. The molecule has 0 fully saturated rings. The Balaban J connectivity index is 2.47. The minimum Gasteiger partial charge on any atom is -0.392 e. The first-order chi connectivity index (χ1) is 6.66. The third-order valence-electron chi connectivity index (χ3n) is 2.19. The zero-order valence-corrected chi connectivity index (χ0v) is 7.94. The maximum absolute atomic E-state index is 12.8. The molecule has 2 nitrogen and oxygen atoms in total. The Morgan fingerprint density at radius 2 is 2.21 bits per heavy atom. The van der Waals surface area contributed by atoms with Gasteiger partial charge in [-0.25, -0.2) is 4.39 Å². The van der Waals surface area contributed by atoms with E-state index in [1.54, 1.807) is 13.0 Å². The van der Waals surface area contributed by atoms with E-state index in [1.807, 2.05) is 16.8 Å². The molecule has 2 rings (SSSR count). The first-order valence-electron chi connectivity index (χ1n) is 4.59. The Hall–Kier alpha value is -1.35. The molecule has 3 heteroatoms. The summed E-state index contributed by atoms with van der Waals surface area (Å²) in [6.07, 6.45) is 1.47. The SMILES string of the molecule is C[C@H](O)Cn1ccc2cc(F)ccc21. The summed E-state index contributed by atoms with van der Waals surface area (Å²) in [6, 6.07) is 6.50. The van der Waals surface area contributed by atoms with Crippen molar-refractivity contribution < 1.29 is 9.50 Å². The van der Waals surface area contributed by atoms with Gasteiger partial charge in [0.15, 0.2) is 0 Å². The van der Waals surface area contributed by atoms with Gasteiger partial charge in [-0.3, -0.25) is 0 Å². The molecule has 0 aliphatic rings. The van der Waals surface area contributed by atoms with E-state index in [2.05, 4.69) is 0 Å². The molecular weight excluding hydrogens is 181 g/mol. The van der Waals surface area contributed by atoms with Gasteiger partial charge in [0.2, 0.25) is 0 Å². The number of hydrogen-bond donors (Lipinski definition) is 1. The number of aliphatic hydroxyl groups excluding tert-OH is 1. The van der Waals surface area contributed by atoms with Crippen molar-refractivity contribution in [2.75, 3.05) is 0 Å². The summed E-state index contributed by atoms with van der Waals surface area (Å²) in [5, 5.41) is 10.1. The van der Waals surface area contributed by atoms with E-state index in [0.717, 1.165) is 10.9 Å². The standard InChI is InChI=1S/C11H12FNO/c1-8(14)7-13-5-4-9-6-10(12)2-3-11(9)13/h2-6,8,14H,7H2,1H3/t8-/m0/s1. The zero-order valence-electron chi connectivity index (χ0n) is 7.94. The summed E-state index contributed by atoms with van der Waals surface area (Å²) >= 11 is 0. The molecule has 1 N–H and O–H groups in total. The Kier molecular flexibility index (Phi) is 2.25. The van der Waals surface area contributed by atoms with E-state index < -0.39 is 6.10 Å². The molecule has 74 valence electrons. The van der Waals surface area contributed by atoms with Crippen molar-refractivity contribution in [1.29, 1.82) is 0 Å². The van der Waals surface area contributed by atoms with Crippen LogP contribution in [-0.2, 0) is 6.54 Å². The maximum Gasteiger partial charge on any atom is 0.123 e. The Bertz CT molecular complexity index is 447. The third-order valence-corrected chi connectivity index (χ3v) is 2.19. The molecule has 2 aromatic rings. The fraction of sp³-hybridized carbons (Fsp3) is 0.273. The van der Waals surface area contributed by atoms with Gasteiger partial charge in [-0.1, -0.05) is 0 Å². The number of fused-ring (bicyclic) bond motifs is 1. The lowest BCUT2D eigenvalue weighted by atomic mass is 10.2. The summed E-state index contributed by atoms with van der Waals surface area (Å²) in [7, 11) is 0. The fourth-order valence-corrected chi connectivity index (χ4v) is 1.61. The van der Waals surface area contributed by atoms with Crippen LogP contribution in [-0.4, -0.2) is 15.8 Å². The van der Waals surface area contributed by atoms with Crippen LogP contribution >= 0.6 is 0 Å². The van der Waals surface area contributed by atoms with Gasteiger partial charge in [-0.2, -0.15) is 0 Å². The summed E-state index contributed by atoms with van der Waals surface area (Å²) in [6.45, 7) is 2.27. The maximum atomic E-state index is 12.8. The number of nitrogens with zero attached hydrogens (tertiary/aromatic N) is 1. The fourth-order valence-electron chi connectivity index (χ4n) is 1.61. The van der Waals surface area contributed by atoms with Gasteiger partial charge >= 0.3 is 0 Å². The molecule has 0 unspecified atom stereocenters. The van der Waals surface area contributed by atoms with E-state index in [9.17, 15) is 9.50 Å². The normalized spacial score (nSPS) is 13.4. The number of aromatic nitrogens is 1. The van der Waals surface area contributed by atoms with E-state index >= 15 is 0 Å². The molecule has 14 heavy (non-hydrogen) atoms. The quantitative estimate of drug-likeness (QED) is 0.776. The molecule has 0 saturated heterocycles. The topological polar surface area (TPSA) is 25.2 Å². The van der Waals surface area contributed by atoms with Crippen LogP contribution in [0.25, 0.3) is 10.9 Å². The summed E-state index contributed by atoms with van der Waals surface area (Å²) < 4.78 is 14.8. The highest BCUT2D eigenvalue weighted by Gasteiger charge is 2.03. The largest absolute Gasteiger partial charge is 0.392 e. The van der Waals surface area contributed by atoms with Crippen molar-refractivity contribution in [3.8, 4) is 0 Å². The van der Waals surface area contributed by atoms with Crippen LogP contribution in [0, 0.1) is 5.82 Å². The molecular formula is C11H12FNO. The molecule has 0 aliphatic carbocycles. The molecule has 1 aromatic heterocycles. The van der Waals surface area contributed by atoms with Crippen molar-refractivity contribution in [2.45, 2.75) is 19.6 Å². The lowest BCUT2D eigenvalue weighted by Crippen LogP contribution is -2.10. The van der Waals surface area contributed by atoms with Gasteiger partial charge < -0.3 is 9.67 Å². The van der Waals surface area contributed by atoms with Gasteiger partial charge in [0.25, 0.3) is 0 Å². The molecule has 0 aliphatic heterocycles. The van der Waals surface area contributed by atoms with Gasteiger partial charge in [0, 0.05) is 23.6 Å².